The van der Waals surface area contributed by atoms with Gasteiger partial charge in [0.15, 0.2) is 0 Å². The second-order valence-corrected chi connectivity index (χ2v) is 5.81. The Labute approximate surface area is 129 Å². The Hall–Kier alpha value is -2.14. The largest absolute Gasteiger partial charge is 0.376 e. The summed E-state index contributed by atoms with van der Waals surface area (Å²) < 4.78 is 5.55. The van der Waals surface area contributed by atoms with Gasteiger partial charge in [0, 0.05) is 23.2 Å². The number of Topliss-reactive ketones (excluding diaryl/α,β-unsaturated/α-hetero) is 1. The molecule has 1 amide bonds. The summed E-state index contributed by atoms with van der Waals surface area (Å²) in [6.07, 6.45) is 1.92. The van der Waals surface area contributed by atoms with Crippen LogP contribution in [0, 0.1) is 6.92 Å². The summed E-state index contributed by atoms with van der Waals surface area (Å²) in [7, 11) is 0. The van der Waals surface area contributed by atoms with E-state index in [0.717, 1.165) is 30.4 Å². The van der Waals surface area contributed by atoms with E-state index in [1.54, 1.807) is 0 Å². The third-order valence-corrected chi connectivity index (χ3v) is 4.21. The van der Waals surface area contributed by atoms with Gasteiger partial charge < -0.3 is 15.0 Å². The van der Waals surface area contributed by atoms with E-state index < -0.39 is 11.7 Å². The fraction of sp³-hybridized carbons (Fsp3) is 0.412. The summed E-state index contributed by atoms with van der Waals surface area (Å²) in [6.45, 7) is 4.41. The zero-order valence-corrected chi connectivity index (χ0v) is 12.8. The monoisotopic (exact) mass is 300 g/mol. The number of benzene rings is 1. The molecule has 2 unspecified atom stereocenters. The van der Waals surface area contributed by atoms with Crippen LogP contribution in [-0.2, 0) is 9.53 Å². The number of fused-ring (bicyclic) bond motifs is 1. The Kier molecular flexibility index (Phi) is 3.98. The molecule has 2 N–H and O–H groups in total. The summed E-state index contributed by atoms with van der Waals surface area (Å²) in [5, 5.41) is 3.56. The molecule has 0 radical (unpaired) electrons. The predicted octanol–water partition coefficient (Wildman–Crippen LogP) is 2.34. The Morgan fingerprint density at radius 2 is 2.14 bits per heavy atom. The Morgan fingerprint density at radius 1 is 1.36 bits per heavy atom. The normalized spacial score (nSPS) is 19.3. The molecule has 1 aromatic carbocycles. The van der Waals surface area contributed by atoms with Gasteiger partial charge in [-0.25, -0.2) is 0 Å². The van der Waals surface area contributed by atoms with Crippen molar-refractivity contribution in [2.45, 2.75) is 38.8 Å². The van der Waals surface area contributed by atoms with E-state index in [0.29, 0.717) is 11.3 Å². The summed E-state index contributed by atoms with van der Waals surface area (Å²) in [5.41, 5.74) is 2.03. The fourth-order valence-electron chi connectivity index (χ4n) is 3.04. The lowest BCUT2D eigenvalue weighted by atomic mass is 10.0. The third-order valence-electron chi connectivity index (χ3n) is 4.21. The highest BCUT2D eigenvalue weighted by Crippen LogP contribution is 2.22. The first-order valence-electron chi connectivity index (χ1n) is 7.62. The van der Waals surface area contributed by atoms with Crippen molar-refractivity contribution in [1.82, 2.24) is 10.3 Å². The van der Waals surface area contributed by atoms with E-state index in [-0.39, 0.29) is 12.1 Å². The molecule has 1 saturated heterocycles. The molecule has 22 heavy (non-hydrogen) atoms. The van der Waals surface area contributed by atoms with Crippen molar-refractivity contribution in [2.24, 2.45) is 0 Å². The minimum atomic E-state index is -0.573. The molecule has 116 valence electrons. The molecule has 0 bridgehead atoms. The van der Waals surface area contributed by atoms with Crippen LogP contribution >= 0.6 is 0 Å². The lowest BCUT2D eigenvalue weighted by molar-refractivity contribution is -0.118. The van der Waals surface area contributed by atoms with E-state index in [9.17, 15) is 9.59 Å². The van der Waals surface area contributed by atoms with Crippen molar-refractivity contribution in [1.29, 1.82) is 0 Å². The molecule has 0 spiro atoms. The number of para-hydroxylation sites is 1. The lowest BCUT2D eigenvalue weighted by Gasteiger charge is -2.19. The molecule has 2 heterocycles. The number of aromatic amines is 1. The van der Waals surface area contributed by atoms with Gasteiger partial charge >= 0.3 is 0 Å². The second-order valence-electron chi connectivity index (χ2n) is 5.81. The van der Waals surface area contributed by atoms with Crippen LogP contribution in [0.5, 0.6) is 0 Å². The van der Waals surface area contributed by atoms with Crippen LogP contribution in [0.4, 0.5) is 0 Å². The van der Waals surface area contributed by atoms with Crippen molar-refractivity contribution < 1.29 is 14.3 Å². The summed E-state index contributed by atoms with van der Waals surface area (Å²) in [6, 6.07) is 7.34. The Morgan fingerprint density at radius 3 is 2.86 bits per heavy atom. The second kappa shape index (κ2) is 5.93. The van der Waals surface area contributed by atoms with Gasteiger partial charge in [-0.1, -0.05) is 18.2 Å². The zero-order chi connectivity index (χ0) is 15.7. The van der Waals surface area contributed by atoms with Gasteiger partial charge in [-0.3, -0.25) is 9.59 Å². The number of ketones is 1. The molecule has 3 rings (SSSR count). The smallest absolute Gasteiger partial charge is 0.292 e. The van der Waals surface area contributed by atoms with Gasteiger partial charge in [0.1, 0.15) is 0 Å². The van der Waals surface area contributed by atoms with Gasteiger partial charge in [-0.15, -0.1) is 0 Å². The van der Waals surface area contributed by atoms with E-state index in [4.69, 9.17) is 4.74 Å². The van der Waals surface area contributed by atoms with Crippen molar-refractivity contribution in [2.75, 3.05) is 6.61 Å². The van der Waals surface area contributed by atoms with Crippen molar-refractivity contribution in [3.63, 3.8) is 0 Å². The molecule has 5 nitrogen and oxygen atoms in total. The average Bonchev–Trinajstić information content (AvgIpc) is 3.13. The number of hydrogen-bond acceptors (Lipinski definition) is 3. The van der Waals surface area contributed by atoms with E-state index in [1.165, 1.54) is 0 Å². The average molecular weight is 300 g/mol. The lowest BCUT2D eigenvalue weighted by Crippen LogP contribution is -2.44. The van der Waals surface area contributed by atoms with Crippen molar-refractivity contribution in [3.8, 4) is 0 Å². The van der Waals surface area contributed by atoms with E-state index in [2.05, 4.69) is 10.3 Å². The molecule has 0 saturated carbocycles. The number of amides is 1. The fourth-order valence-corrected chi connectivity index (χ4v) is 3.04. The van der Waals surface area contributed by atoms with Gasteiger partial charge in [0.2, 0.25) is 0 Å². The van der Waals surface area contributed by atoms with Crippen LogP contribution in [-0.4, -0.2) is 35.4 Å². The Bertz CT molecular complexity index is 714. The number of hydrogen-bond donors (Lipinski definition) is 2. The third kappa shape index (κ3) is 2.64. The summed E-state index contributed by atoms with van der Waals surface area (Å²) in [4.78, 5) is 27.9. The van der Waals surface area contributed by atoms with Crippen LogP contribution in [0.25, 0.3) is 10.9 Å². The van der Waals surface area contributed by atoms with Crippen LogP contribution in [0.1, 0.15) is 35.8 Å². The molecular formula is C17H20N2O3. The van der Waals surface area contributed by atoms with Crippen molar-refractivity contribution in [3.05, 3.63) is 35.5 Å². The number of carbonyl (C=O) groups excluding carboxylic acids is 2. The van der Waals surface area contributed by atoms with E-state index in [1.807, 2.05) is 38.1 Å². The topological polar surface area (TPSA) is 71.2 Å². The predicted molar refractivity (Wildman–Crippen MR) is 83.9 cm³/mol. The Balaban J connectivity index is 1.80. The molecule has 0 aliphatic carbocycles. The number of aryl methyl sites for hydroxylation is 1. The molecule has 1 aromatic heterocycles. The van der Waals surface area contributed by atoms with E-state index >= 15 is 0 Å². The van der Waals surface area contributed by atoms with Crippen LogP contribution in [0.15, 0.2) is 24.3 Å². The summed E-state index contributed by atoms with van der Waals surface area (Å²) >= 11 is 0. The maximum absolute atomic E-state index is 12.5. The van der Waals surface area contributed by atoms with Crippen LogP contribution in [0.2, 0.25) is 0 Å². The highest BCUT2D eigenvalue weighted by molar-refractivity contribution is 6.45. The number of nitrogens with one attached hydrogen (secondary N) is 2. The number of rotatable bonds is 4. The minimum Gasteiger partial charge on any atom is -0.376 e. The highest BCUT2D eigenvalue weighted by Gasteiger charge is 2.28. The van der Waals surface area contributed by atoms with Crippen molar-refractivity contribution >= 4 is 22.6 Å². The first-order valence-corrected chi connectivity index (χ1v) is 7.62. The van der Waals surface area contributed by atoms with Gasteiger partial charge in [-0.2, -0.15) is 0 Å². The number of aromatic nitrogens is 1. The SMILES string of the molecule is Cc1[nH]c2ccccc2c1C(=O)C(=O)NC(C)C1CCCO1. The molecule has 2 aromatic rings. The quantitative estimate of drug-likeness (QED) is 0.672. The van der Waals surface area contributed by atoms with Crippen LogP contribution in [0.3, 0.4) is 0 Å². The molecule has 1 fully saturated rings. The molecule has 2 atom stereocenters. The standard InChI is InChI=1S/C17H20N2O3/c1-10(14-8-5-9-22-14)19-17(21)16(20)15-11(2)18-13-7-4-3-6-12(13)15/h3-4,6-7,10,14,18H,5,8-9H2,1-2H3,(H,19,21). The van der Waals surface area contributed by atoms with Gasteiger partial charge in [0.05, 0.1) is 17.7 Å². The molecule has 1 aliphatic heterocycles. The van der Waals surface area contributed by atoms with Gasteiger partial charge in [-0.05, 0) is 32.8 Å². The van der Waals surface area contributed by atoms with Gasteiger partial charge in [0.25, 0.3) is 11.7 Å². The summed E-state index contributed by atoms with van der Waals surface area (Å²) in [5.74, 6) is -1.07. The first-order chi connectivity index (χ1) is 10.6. The first kappa shape index (κ1) is 14.8. The molecule has 1 aliphatic rings. The maximum Gasteiger partial charge on any atom is 0.292 e. The number of ether oxygens (including phenoxy) is 1. The number of carbonyl (C=O) groups is 2. The zero-order valence-electron chi connectivity index (χ0n) is 12.8. The molecule has 5 heteroatoms. The minimum absolute atomic E-state index is 0.000755. The van der Waals surface area contributed by atoms with Crippen LogP contribution < -0.4 is 5.32 Å². The maximum atomic E-state index is 12.5. The highest BCUT2D eigenvalue weighted by atomic mass is 16.5. The number of H-pyrrole nitrogens is 1. The molecular weight excluding hydrogens is 280 g/mol.